The van der Waals surface area contributed by atoms with Crippen molar-refractivity contribution in [2.75, 3.05) is 33.4 Å². The Morgan fingerprint density at radius 2 is 1.89 bits per heavy atom. The number of methoxy groups -OCH3 is 1. The van der Waals surface area contributed by atoms with Crippen LogP contribution in [0.15, 0.2) is 0 Å². The van der Waals surface area contributed by atoms with Crippen LogP contribution in [-0.2, 0) is 14.3 Å². The van der Waals surface area contributed by atoms with Crippen LogP contribution in [0.25, 0.3) is 0 Å². The first-order valence-electron chi connectivity index (χ1n) is 6.48. The molecule has 1 aliphatic rings. The van der Waals surface area contributed by atoms with Gasteiger partial charge in [-0.1, -0.05) is 0 Å². The standard InChI is InChI=1S/C13H24N2O4/c1-10(16)15-7-6-14(8-11(15)9-18-5)12(17)19-13(2,3)4/h11H,6-9H2,1-5H3/t11-/m1/s1. The van der Waals surface area contributed by atoms with Crippen LogP contribution in [0.1, 0.15) is 27.7 Å². The SMILES string of the molecule is COC[C@H]1CN(C(=O)OC(C)(C)C)CCN1C(C)=O. The molecule has 0 spiro atoms. The summed E-state index contributed by atoms with van der Waals surface area (Å²) >= 11 is 0. The summed E-state index contributed by atoms with van der Waals surface area (Å²) in [5.41, 5.74) is -0.508. The highest BCUT2D eigenvalue weighted by molar-refractivity contribution is 5.74. The van der Waals surface area contributed by atoms with Crippen LogP contribution in [0, 0.1) is 0 Å². The van der Waals surface area contributed by atoms with Gasteiger partial charge in [0.15, 0.2) is 0 Å². The molecule has 1 atom stereocenters. The molecule has 1 saturated heterocycles. The molecule has 6 heteroatoms. The molecule has 0 saturated carbocycles. The number of ether oxygens (including phenoxy) is 2. The van der Waals surface area contributed by atoms with Gasteiger partial charge in [0.1, 0.15) is 5.60 Å². The highest BCUT2D eigenvalue weighted by Gasteiger charge is 2.32. The number of hydrogen-bond acceptors (Lipinski definition) is 4. The van der Waals surface area contributed by atoms with E-state index in [2.05, 4.69) is 0 Å². The van der Waals surface area contributed by atoms with Gasteiger partial charge < -0.3 is 19.3 Å². The van der Waals surface area contributed by atoms with E-state index in [1.807, 2.05) is 20.8 Å². The fraction of sp³-hybridized carbons (Fsp3) is 0.846. The van der Waals surface area contributed by atoms with E-state index >= 15 is 0 Å². The van der Waals surface area contributed by atoms with E-state index in [1.54, 1.807) is 16.9 Å². The molecular formula is C13H24N2O4. The molecule has 6 nitrogen and oxygen atoms in total. The van der Waals surface area contributed by atoms with E-state index in [1.165, 1.54) is 6.92 Å². The second-order valence-corrected chi connectivity index (χ2v) is 5.75. The van der Waals surface area contributed by atoms with Crippen LogP contribution in [0.4, 0.5) is 4.79 Å². The Kier molecular flexibility index (Phi) is 5.17. The molecule has 0 aromatic carbocycles. The molecule has 1 heterocycles. The van der Waals surface area contributed by atoms with Crippen molar-refractivity contribution in [3.05, 3.63) is 0 Å². The maximum Gasteiger partial charge on any atom is 0.410 e. The molecule has 0 N–H and O–H groups in total. The van der Waals surface area contributed by atoms with Crippen molar-refractivity contribution in [2.45, 2.75) is 39.3 Å². The zero-order valence-corrected chi connectivity index (χ0v) is 12.4. The van der Waals surface area contributed by atoms with E-state index in [9.17, 15) is 9.59 Å². The molecule has 0 aliphatic carbocycles. The lowest BCUT2D eigenvalue weighted by Gasteiger charge is -2.40. The number of carbonyl (C=O) groups is 2. The predicted molar refractivity (Wildman–Crippen MR) is 70.9 cm³/mol. The van der Waals surface area contributed by atoms with Gasteiger partial charge in [-0.15, -0.1) is 0 Å². The third-order valence-electron chi connectivity index (χ3n) is 2.90. The van der Waals surface area contributed by atoms with Gasteiger partial charge in [0.05, 0.1) is 12.6 Å². The first-order chi connectivity index (χ1) is 8.74. The number of piperazine rings is 1. The van der Waals surface area contributed by atoms with Crippen LogP contribution >= 0.6 is 0 Å². The average Bonchev–Trinajstić information content (AvgIpc) is 2.26. The molecule has 0 bridgehead atoms. The summed E-state index contributed by atoms with van der Waals surface area (Å²) in [6.07, 6.45) is -0.336. The summed E-state index contributed by atoms with van der Waals surface area (Å²) in [5, 5.41) is 0. The number of rotatable bonds is 2. The van der Waals surface area contributed by atoms with Gasteiger partial charge in [0.2, 0.25) is 5.91 Å². The van der Waals surface area contributed by atoms with Gasteiger partial charge in [-0.25, -0.2) is 4.79 Å². The van der Waals surface area contributed by atoms with Crippen molar-refractivity contribution in [1.82, 2.24) is 9.80 Å². The van der Waals surface area contributed by atoms with Gasteiger partial charge in [-0.3, -0.25) is 4.79 Å². The molecule has 1 aliphatic heterocycles. The Hall–Kier alpha value is -1.30. The summed E-state index contributed by atoms with van der Waals surface area (Å²) in [6.45, 7) is 8.92. The van der Waals surface area contributed by atoms with E-state index in [4.69, 9.17) is 9.47 Å². The Bertz CT molecular complexity index is 338. The molecular weight excluding hydrogens is 248 g/mol. The van der Waals surface area contributed by atoms with Crippen molar-refractivity contribution in [3.8, 4) is 0 Å². The topological polar surface area (TPSA) is 59.1 Å². The van der Waals surface area contributed by atoms with Crippen LogP contribution < -0.4 is 0 Å². The fourth-order valence-corrected chi connectivity index (χ4v) is 2.10. The van der Waals surface area contributed by atoms with E-state index in [0.29, 0.717) is 26.2 Å². The molecule has 0 unspecified atom stereocenters. The number of amides is 2. The molecule has 2 amide bonds. The fourth-order valence-electron chi connectivity index (χ4n) is 2.10. The third kappa shape index (κ3) is 4.70. The molecule has 1 rings (SSSR count). The largest absolute Gasteiger partial charge is 0.444 e. The van der Waals surface area contributed by atoms with Gasteiger partial charge in [-0.05, 0) is 20.8 Å². The molecule has 0 aromatic heterocycles. The Morgan fingerprint density at radius 3 is 2.37 bits per heavy atom. The second kappa shape index (κ2) is 6.23. The lowest BCUT2D eigenvalue weighted by atomic mass is 10.1. The Morgan fingerprint density at radius 1 is 1.26 bits per heavy atom. The van der Waals surface area contributed by atoms with Crippen molar-refractivity contribution in [2.24, 2.45) is 0 Å². The minimum absolute atomic E-state index is 0.00545. The van der Waals surface area contributed by atoms with E-state index < -0.39 is 5.60 Å². The zero-order chi connectivity index (χ0) is 14.6. The molecule has 0 aromatic rings. The monoisotopic (exact) mass is 272 g/mol. The molecule has 1 fully saturated rings. The first-order valence-corrected chi connectivity index (χ1v) is 6.48. The van der Waals surface area contributed by atoms with Gasteiger partial charge >= 0.3 is 6.09 Å². The lowest BCUT2D eigenvalue weighted by molar-refractivity contribution is -0.135. The number of hydrogen-bond donors (Lipinski definition) is 0. The van der Waals surface area contributed by atoms with Gasteiger partial charge in [0, 0.05) is 33.7 Å². The second-order valence-electron chi connectivity index (χ2n) is 5.75. The predicted octanol–water partition coefficient (Wildman–Crippen LogP) is 1.10. The van der Waals surface area contributed by atoms with Crippen LogP contribution in [0.2, 0.25) is 0 Å². The van der Waals surface area contributed by atoms with Crippen molar-refractivity contribution < 1.29 is 19.1 Å². The van der Waals surface area contributed by atoms with Crippen LogP contribution in [0.3, 0.4) is 0 Å². The van der Waals surface area contributed by atoms with Gasteiger partial charge in [0.25, 0.3) is 0 Å². The van der Waals surface area contributed by atoms with Crippen molar-refractivity contribution in [3.63, 3.8) is 0 Å². The number of carbonyl (C=O) groups excluding carboxylic acids is 2. The minimum atomic E-state index is -0.508. The molecule has 19 heavy (non-hydrogen) atoms. The summed E-state index contributed by atoms with van der Waals surface area (Å²) in [5.74, 6) is 0.00545. The molecule has 0 radical (unpaired) electrons. The van der Waals surface area contributed by atoms with Crippen LogP contribution in [0.5, 0.6) is 0 Å². The normalized spacial score (nSPS) is 20.4. The van der Waals surface area contributed by atoms with E-state index in [0.717, 1.165) is 0 Å². The van der Waals surface area contributed by atoms with Crippen LogP contribution in [-0.4, -0.2) is 66.8 Å². The highest BCUT2D eigenvalue weighted by Crippen LogP contribution is 2.15. The Labute approximate surface area is 114 Å². The van der Waals surface area contributed by atoms with Crippen molar-refractivity contribution >= 4 is 12.0 Å². The maximum atomic E-state index is 12.0. The lowest BCUT2D eigenvalue weighted by Crippen LogP contribution is -2.58. The smallest absolute Gasteiger partial charge is 0.410 e. The number of nitrogens with zero attached hydrogens (tertiary/aromatic N) is 2. The first kappa shape index (κ1) is 15.8. The summed E-state index contributed by atoms with van der Waals surface area (Å²) in [7, 11) is 1.59. The summed E-state index contributed by atoms with van der Waals surface area (Å²) in [6, 6.07) is -0.108. The zero-order valence-electron chi connectivity index (χ0n) is 12.4. The summed E-state index contributed by atoms with van der Waals surface area (Å²) < 4.78 is 10.5. The quantitative estimate of drug-likeness (QED) is 0.755. The Balaban J connectivity index is 2.65. The third-order valence-corrected chi connectivity index (χ3v) is 2.90. The molecule has 110 valence electrons. The maximum absolute atomic E-state index is 12.0. The van der Waals surface area contributed by atoms with Crippen molar-refractivity contribution in [1.29, 1.82) is 0 Å². The average molecular weight is 272 g/mol. The van der Waals surface area contributed by atoms with E-state index in [-0.39, 0.29) is 18.0 Å². The minimum Gasteiger partial charge on any atom is -0.444 e. The summed E-state index contributed by atoms with van der Waals surface area (Å²) in [4.78, 5) is 26.9. The highest BCUT2D eigenvalue weighted by atomic mass is 16.6. The van der Waals surface area contributed by atoms with Gasteiger partial charge in [-0.2, -0.15) is 0 Å².